The summed E-state index contributed by atoms with van der Waals surface area (Å²) in [6.07, 6.45) is 0. The van der Waals surface area contributed by atoms with E-state index in [0.29, 0.717) is 0 Å². The highest BCUT2D eigenvalue weighted by Gasteiger charge is 2.14. The van der Waals surface area contributed by atoms with Gasteiger partial charge < -0.3 is 9.15 Å². The van der Waals surface area contributed by atoms with E-state index < -0.39 is 5.97 Å². The second-order valence-electron chi connectivity index (χ2n) is 4.29. The molecule has 4 heteroatoms. The normalized spacial score (nSPS) is 10.5. The summed E-state index contributed by atoms with van der Waals surface area (Å²) < 4.78 is 10.0. The molecule has 0 saturated heterocycles. The van der Waals surface area contributed by atoms with Crippen LogP contribution in [0.2, 0.25) is 0 Å². The van der Waals surface area contributed by atoms with E-state index in [1.807, 2.05) is 6.92 Å². The summed E-state index contributed by atoms with van der Waals surface area (Å²) in [6, 6.07) is 10.1. The van der Waals surface area contributed by atoms with Crippen LogP contribution in [-0.2, 0) is 10.5 Å². The minimum Gasteiger partial charge on any atom is -0.463 e. The van der Waals surface area contributed by atoms with Crippen molar-refractivity contribution in [3.63, 3.8) is 0 Å². The fourth-order valence-electron chi connectivity index (χ4n) is 1.66. The second-order valence-corrected chi connectivity index (χ2v) is 5.33. The van der Waals surface area contributed by atoms with E-state index >= 15 is 0 Å². The van der Waals surface area contributed by atoms with Gasteiger partial charge in [0.15, 0.2) is 0 Å². The first kappa shape index (κ1) is 13.7. The number of furan rings is 1. The minimum absolute atomic E-state index is 0.263. The Morgan fingerprint density at radius 3 is 2.58 bits per heavy atom. The van der Waals surface area contributed by atoms with Gasteiger partial charge in [-0.1, -0.05) is 17.7 Å². The molecule has 2 rings (SSSR count). The van der Waals surface area contributed by atoms with Crippen LogP contribution in [0, 0.1) is 13.8 Å². The van der Waals surface area contributed by atoms with Crippen LogP contribution in [0.15, 0.2) is 39.6 Å². The fourth-order valence-corrected chi connectivity index (χ4v) is 2.60. The predicted molar refractivity (Wildman–Crippen MR) is 75.5 cm³/mol. The highest BCUT2D eigenvalue weighted by Crippen LogP contribution is 2.26. The predicted octanol–water partition coefficient (Wildman–Crippen LogP) is 3.98. The van der Waals surface area contributed by atoms with Gasteiger partial charge in [-0.2, -0.15) is 0 Å². The topological polar surface area (TPSA) is 39.4 Å². The molecule has 1 aromatic carbocycles. The number of rotatable bonds is 4. The molecule has 0 aliphatic rings. The number of carbonyl (C=O) groups excluding carboxylic acids is 1. The fraction of sp³-hybridized carbons (Fsp3) is 0.267. The molecule has 1 heterocycles. The SMILES string of the molecule is COC(=O)c1cc(CSc2ccc(C)cc2)c(C)o1. The van der Waals surface area contributed by atoms with Crippen molar-refractivity contribution in [2.75, 3.05) is 7.11 Å². The zero-order valence-electron chi connectivity index (χ0n) is 11.2. The van der Waals surface area contributed by atoms with Crippen molar-refractivity contribution >= 4 is 17.7 Å². The van der Waals surface area contributed by atoms with Crippen LogP contribution in [0.3, 0.4) is 0 Å². The minimum atomic E-state index is -0.435. The number of ether oxygens (including phenoxy) is 1. The lowest BCUT2D eigenvalue weighted by Gasteiger charge is -2.01. The van der Waals surface area contributed by atoms with Gasteiger partial charge in [0.05, 0.1) is 7.11 Å². The van der Waals surface area contributed by atoms with Gasteiger partial charge in [0.25, 0.3) is 0 Å². The zero-order valence-corrected chi connectivity index (χ0v) is 12.0. The van der Waals surface area contributed by atoms with Crippen LogP contribution in [0.4, 0.5) is 0 Å². The van der Waals surface area contributed by atoms with Crippen molar-refractivity contribution in [3.8, 4) is 0 Å². The summed E-state index contributed by atoms with van der Waals surface area (Å²) in [7, 11) is 1.35. The second kappa shape index (κ2) is 5.97. The molecule has 0 aliphatic carbocycles. The maximum absolute atomic E-state index is 11.4. The Morgan fingerprint density at radius 1 is 1.26 bits per heavy atom. The number of thioether (sulfide) groups is 1. The number of benzene rings is 1. The molecule has 0 aliphatic heterocycles. The van der Waals surface area contributed by atoms with E-state index in [1.54, 1.807) is 17.8 Å². The van der Waals surface area contributed by atoms with Gasteiger partial charge in [-0.05, 0) is 32.0 Å². The number of esters is 1. The Bertz CT molecular complexity index is 570. The zero-order chi connectivity index (χ0) is 13.8. The van der Waals surface area contributed by atoms with Crippen LogP contribution in [0.25, 0.3) is 0 Å². The van der Waals surface area contributed by atoms with Gasteiger partial charge in [0.2, 0.25) is 5.76 Å². The summed E-state index contributed by atoms with van der Waals surface area (Å²) in [5, 5.41) is 0. The number of aryl methyl sites for hydroxylation is 2. The van der Waals surface area contributed by atoms with E-state index in [1.165, 1.54) is 17.6 Å². The van der Waals surface area contributed by atoms with Gasteiger partial charge >= 0.3 is 5.97 Å². The Kier molecular flexibility index (Phi) is 4.32. The number of methoxy groups -OCH3 is 1. The first-order chi connectivity index (χ1) is 9.10. The van der Waals surface area contributed by atoms with Crippen molar-refractivity contribution in [3.05, 3.63) is 53.0 Å². The van der Waals surface area contributed by atoms with Crippen LogP contribution in [0.1, 0.15) is 27.4 Å². The molecule has 19 heavy (non-hydrogen) atoms. The van der Waals surface area contributed by atoms with Crippen molar-refractivity contribution in [1.82, 2.24) is 0 Å². The third kappa shape index (κ3) is 3.41. The molecule has 0 spiro atoms. The van der Waals surface area contributed by atoms with Gasteiger partial charge in [0, 0.05) is 16.2 Å². The first-order valence-corrected chi connectivity index (χ1v) is 6.96. The maximum atomic E-state index is 11.4. The monoisotopic (exact) mass is 276 g/mol. The van der Waals surface area contributed by atoms with Gasteiger partial charge in [-0.25, -0.2) is 4.79 Å². The largest absolute Gasteiger partial charge is 0.463 e. The number of carbonyl (C=O) groups is 1. The van der Waals surface area contributed by atoms with Gasteiger partial charge in [-0.15, -0.1) is 11.8 Å². The first-order valence-electron chi connectivity index (χ1n) is 5.97. The van der Waals surface area contributed by atoms with Gasteiger partial charge in [0.1, 0.15) is 5.76 Å². The van der Waals surface area contributed by atoms with Gasteiger partial charge in [-0.3, -0.25) is 0 Å². The average molecular weight is 276 g/mol. The molecule has 1 aromatic heterocycles. The molecule has 0 radical (unpaired) electrons. The molecule has 100 valence electrons. The quantitative estimate of drug-likeness (QED) is 0.625. The molecule has 0 amide bonds. The van der Waals surface area contributed by atoms with E-state index in [0.717, 1.165) is 17.1 Å². The number of hydrogen-bond acceptors (Lipinski definition) is 4. The summed E-state index contributed by atoms with van der Waals surface area (Å²) in [5.74, 6) is 1.37. The Morgan fingerprint density at radius 2 is 1.95 bits per heavy atom. The van der Waals surface area contributed by atoms with Crippen LogP contribution in [-0.4, -0.2) is 13.1 Å². The Balaban J connectivity index is 2.05. The third-order valence-electron chi connectivity index (χ3n) is 2.82. The summed E-state index contributed by atoms with van der Waals surface area (Å²) in [5.41, 5.74) is 2.27. The molecule has 2 aromatic rings. The highest BCUT2D eigenvalue weighted by molar-refractivity contribution is 7.98. The molecule has 3 nitrogen and oxygen atoms in total. The van der Waals surface area contributed by atoms with Crippen molar-refractivity contribution in [2.45, 2.75) is 24.5 Å². The Labute approximate surface area is 117 Å². The van der Waals surface area contributed by atoms with Crippen LogP contribution in [0.5, 0.6) is 0 Å². The average Bonchev–Trinajstić information content (AvgIpc) is 2.79. The lowest BCUT2D eigenvalue weighted by atomic mass is 10.2. The molecule has 0 atom stereocenters. The smallest absolute Gasteiger partial charge is 0.373 e. The van der Waals surface area contributed by atoms with Crippen LogP contribution < -0.4 is 0 Å². The van der Waals surface area contributed by atoms with Crippen molar-refractivity contribution in [2.24, 2.45) is 0 Å². The van der Waals surface area contributed by atoms with E-state index in [-0.39, 0.29) is 5.76 Å². The Hall–Kier alpha value is -1.68. The molecule has 0 bridgehead atoms. The molecular formula is C15H16O3S. The standard InChI is InChI=1S/C15H16O3S/c1-10-4-6-13(7-5-10)19-9-12-8-14(15(16)17-3)18-11(12)2/h4-8H,9H2,1-3H3. The third-order valence-corrected chi connectivity index (χ3v) is 3.88. The highest BCUT2D eigenvalue weighted by atomic mass is 32.2. The summed E-state index contributed by atoms with van der Waals surface area (Å²) >= 11 is 1.72. The van der Waals surface area contributed by atoms with Crippen LogP contribution >= 0.6 is 11.8 Å². The van der Waals surface area contributed by atoms with E-state index in [9.17, 15) is 4.79 Å². The van der Waals surface area contributed by atoms with Crippen molar-refractivity contribution in [1.29, 1.82) is 0 Å². The lowest BCUT2D eigenvalue weighted by Crippen LogP contribution is -1.98. The summed E-state index contributed by atoms with van der Waals surface area (Å²) in [6.45, 7) is 3.93. The molecule has 0 saturated carbocycles. The molecule has 0 N–H and O–H groups in total. The van der Waals surface area contributed by atoms with E-state index in [4.69, 9.17) is 4.42 Å². The molecule has 0 fully saturated rings. The molecule has 0 unspecified atom stereocenters. The summed E-state index contributed by atoms with van der Waals surface area (Å²) in [4.78, 5) is 12.6. The number of hydrogen-bond donors (Lipinski definition) is 0. The lowest BCUT2D eigenvalue weighted by molar-refractivity contribution is 0.0563. The van der Waals surface area contributed by atoms with Crippen molar-refractivity contribution < 1.29 is 13.9 Å². The molecular weight excluding hydrogens is 260 g/mol. The maximum Gasteiger partial charge on any atom is 0.373 e. The van der Waals surface area contributed by atoms with E-state index in [2.05, 4.69) is 35.9 Å².